The molecule has 1 aliphatic heterocycles. The summed E-state index contributed by atoms with van der Waals surface area (Å²) in [5, 5.41) is 2.80. The molecule has 8 nitrogen and oxygen atoms in total. The van der Waals surface area contributed by atoms with Gasteiger partial charge in [0.15, 0.2) is 11.5 Å². The molecule has 0 saturated carbocycles. The summed E-state index contributed by atoms with van der Waals surface area (Å²) in [5.41, 5.74) is 1.35. The highest BCUT2D eigenvalue weighted by Gasteiger charge is 2.16. The molecule has 0 spiro atoms. The number of thioether (sulfide) groups is 1. The summed E-state index contributed by atoms with van der Waals surface area (Å²) in [4.78, 5) is 37.5. The number of ether oxygens (including phenoxy) is 4. The average Bonchev–Trinajstić information content (AvgIpc) is 3.34. The molecule has 0 aromatic heterocycles. The van der Waals surface area contributed by atoms with E-state index in [1.54, 1.807) is 72.8 Å². The fourth-order valence-electron chi connectivity index (χ4n) is 3.08. The van der Waals surface area contributed by atoms with E-state index in [1.165, 1.54) is 11.8 Å². The first kappa shape index (κ1) is 23.2. The molecule has 1 amide bonds. The number of carbonyl (C=O) groups excluding carboxylic acids is 3. The molecule has 174 valence electrons. The fraction of sp³-hybridized carbons (Fsp3) is 0.160. The summed E-state index contributed by atoms with van der Waals surface area (Å²) >= 11 is 1.22. The second-order valence-electron chi connectivity index (χ2n) is 7.04. The van der Waals surface area contributed by atoms with Crippen LogP contribution in [-0.2, 0) is 14.3 Å². The lowest BCUT2D eigenvalue weighted by molar-refractivity contribution is -0.113. The predicted molar refractivity (Wildman–Crippen MR) is 125 cm³/mol. The van der Waals surface area contributed by atoms with E-state index in [4.69, 9.17) is 18.9 Å². The molecule has 0 bridgehead atoms. The number of carbonyl (C=O) groups is 3. The van der Waals surface area contributed by atoms with Crippen molar-refractivity contribution in [2.45, 2.75) is 4.90 Å². The highest BCUT2D eigenvalue weighted by molar-refractivity contribution is 8.00. The van der Waals surface area contributed by atoms with Gasteiger partial charge in [0.25, 0.3) is 0 Å². The van der Waals surface area contributed by atoms with Gasteiger partial charge in [-0.15, -0.1) is 11.8 Å². The number of benzene rings is 3. The molecule has 0 unspecified atom stereocenters. The zero-order valence-electron chi connectivity index (χ0n) is 18.0. The van der Waals surface area contributed by atoms with Crippen molar-refractivity contribution in [2.24, 2.45) is 0 Å². The van der Waals surface area contributed by atoms with Crippen LogP contribution in [-0.4, -0.2) is 43.6 Å². The van der Waals surface area contributed by atoms with Gasteiger partial charge >= 0.3 is 11.9 Å². The third kappa shape index (κ3) is 6.08. The zero-order chi connectivity index (χ0) is 23.8. The van der Waals surface area contributed by atoms with E-state index in [1.807, 2.05) is 0 Å². The minimum atomic E-state index is -0.560. The number of hydrogen-bond acceptors (Lipinski definition) is 8. The highest BCUT2D eigenvalue weighted by Crippen LogP contribution is 2.34. The summed E-state index contributed by atoms with van der Waals surface area (Å²) in [5.74, 6) is 0.0200. The van der Waals surface area contributed by atoms with Crippen LogP contribution in [0.3, 0.4) is 0 Å². The Morgan fingerprint density at radius 2 is 1.53 bits per heavy atom. The van der Waals surface area contributed by atoms with Gasteiger partial charge in [-0.2, -0.15) is 0 Å². The van der Waals surface area contributed by atoms with E-state index in [2.05, 4.69) is 5.32 Å². The summed E-state index contributed by atoms with van der Waals surface area (Å²) in [6, 6.07) is 20.6. The lowest BCUT2D eigenvalue weighted by Gasteiger charge is -2.10. The Morgan fingerprint density at radius 1 is 0.824 bits per heavy atom. The van der Waals surface area contributed by atoms with Gasteiger partial charge in [-0.05, 0) is 36.4 Å². The van der Waals surface area contributed by atoms with Crippen molar-refractivity contribution < 1.29 is 33.3 Å². The predicted octanol–water partition coefficient (Wildman–Crippen LogP) is 4.16. The Labute approximate surface area is 200 Å². The third-order valence-electron chi connectivity index (χ3n) is 4.68. The molecule has 0 fully saturated rings. The third-order valence-corrected chi connectivity index (χ3v) is 5.75. The van der Waals surface area contributed by atoms with Gasteiger partial charge in [0, 0.05) is 16.6 Å². The maximum Gasteiger partial charge on any atom is 0.339 e. The van der Waals surface area contributed by atoms with E-state index in [0.29, 0.717) is 33.2 Å². The maximum atomic E-state index is 12.5. The Kier molecular flexibility index (Phi) is 7.67. The molecule has 1 heterocycles. The van der Waals surface area contributed by atoms with Crippen molar-refractivity contribution in [3.8, 4) is 11.5 Å². The lowest BCUT2D eigenvalue weighted by atomic mass is 10.2. The van der Waals surface area contributed by atoms with Gasteiger partial charge in [-0.3, -0.25) is 4.79 Å². The summed E-state index contributed by atoms with van der Waals surface area (Å²) in [6.45, 7) is 0.0126. The second-order valence-corrected chi connectivity index (χ2v) is 8.06. The molecule has 4 rings (SSSR count). The summed E-state index contributed by atoms with van der Waals surface area (Å²) < 4.78 is 20.9. The van der Waals surface area contributed by atoms with E-state index >= 15 is 0 Å². The molecule has 3 aromatic carbocycles. The van der Waals surface area contributed by atoms with Crippen molar-refractivity contribution in [3.05, 3.63) is 83.9 Å². The number of esters is 2. The SMILES string of the molecule is O=C(CSc1ccccc1C(=O)OCCOC(=O)c1ccccc1)Nc1ccc2c(c1)OCO2. The molecule has 0 radical (unpaired) electrons. The monoisotopic (exact) mass is 479 g/mol. The van der Waals surface area contributed by atoms with Crippen LogP contribution in [0.2, 0.25) is 0 Å². The van der Waals surface area contributed by atoms with Crippen LogP contribution in [0.1, 0.15) is 20.7 Å². The van der Waals surface area contributed by atoms with E-state index in [9.17, 15) is 14.4 Å². The van der Waals surface area contributed by atoms with Gasteiger partial charge in [-0.1, -0.05) is 30.3 Å². The van der Waals surface area contributed by atoms with Crippen LogP contribution in [0.5, 0.6) is 11.5 Å². The molecular weight excluding hydrogens is 458 g/mol. The highest BCUT2D eigenvalue weighted by atomic mass is 32.2. The standard InChI is InChI=1S/C25H21NO7S/c27-23(26-18-10-11-20-21(14-18)33-16-32-20)15-34-22-9-5-4-8-19(22)25(29)31-13-12-30-24(28)17-6-2-1-3-7-17/h1-11,14H,12-13,15-16H2,(H,26,27). The summed E-state index contributed by atoms with van der Waals surface area (Å²) in [6.07, 6.45) is 0. The molecule has 1 aliphatic rings. The number of nitrogens with one attached hydrogen (secondary N) is 1. The number of fused-ring (bicyclic) bond motifs is 1. The minimum Gasteiger partial charge on any atom is -0.458 e. The average molecular weight is 480 g/mol. The first-order chi connectivity index (χ1) is 16.6. The Morgan fingerprint density at radius 3 is 2.35 bits per heavy atom. The summed E-state index contributed by atoms with van der Waals surface area (Å²) in [7, 11) is 0. The number of anilines is 1. The van der Waals surface area contributed by atoms with Crippen molar-refractivity contribution in [3.63, 3.8) is 0 Å². The Bertz CT molecular complexity index is 1180. The molecule has 1 N–H and O–H groups in total. The second kappa shape index (κ2) is 11.2. The molecule has 0 atom stereocenters. The van der Waals surface area contributed by atoms with Gasteiger partial charge in [-0.25, -0.2) is 9.59 Å². The first-order valence-electron chi connectivity index (χ1n) is 10.4. The van der Waals surface area contributed by atoms with Crippen molar-refractivity contribution in [1.29, 1.82) is 0 Å². The van der Waals surface area contributed by atoms with E-state index < -0.39 is 11.9 Å². The van der Waals surface area contributed by atoms with Crippen LogP contribution < -0.4 is 14.8 Å². The number of hydrogen-bond donors (Lipinski definition) is 1. The molecule has 9 heteroatoms. The largest absolute Gasteiger partial charge is 0.458 e. The van der Waals surface area contributed by atoms with Gasteiger partial charge in [0.05, 0.1) is 16.9 Å². The van der Waals surface area contributed by atoms with Crippen molar-refractivity contribution >= 4 is 35.3 Å². The van der Waals surface area contributed by atoms with Gasteiger partial charge in [0.1, 0.15) is 13.2 Å². The lowest BCUT2D eigenvalue weighted by Crippen LogP contribution is -2.16. The van der Waals surface area contributed by atoms with Crippen LogP contribution in [0, 0.1) is 0 Å². The van der Waals surface area contributed by atoms with Crippen molar-refractivity contribution in [2.75, 3.05) is 31.1 Å². The molecule has 0 saturated heterocycles. The van der Waals surface area contributed by atoms with E-state index in [0.717, 1.165) is 0 Å². The molecular formula is C25H21NO7S. The van der Waals surface area contributed by atoms with Crippen LogP contribution >= 0.6 is 11.8 Å². The molecule has 0 aliphatic carbocycles. The zero-order valence-corrected chi connectivity index (χ0v) is 18.8. The van der Waals surface area contributed by atoms with Crippen LogP contribution in [0.4, 0.5) is 5.69 Å². The number of amides is 1. The Balaban J connectivity index is 1.25. The fourth-order valence-corrected chi connectivity index (χ4v) is 3.92. The quantitative estimate of drug-likeness (QED) is 0.277. The smallest absolute Gasteiger partial charge is 0.339 e. The van der Waals surface area contributed by atoms with Gasteiger partial charge < -0.3 is 24.3 Å². The minimum absolute atomic E-state index is 0.0628. The van der Waals surface area contributed by atoms with Crippen LogP contribution in [0.25, 0.3) is 0 Å². The number of rotatable bonds is 9. The van der Waals surface area contributed by atoms with E-state index in [-0.39, 0.29) is 31.7 Å². The molecule has 3 aromatic rings. The normalized spacial score (nSPS) is 11.5. The van der Waals surface area contributed by atoms with Crippen molar-refractivity contribution in [1.82, 2.24) is 0 Å². The van der Waals surface area contributed by atoms with Crippen LogP contribution in [0.15, 0.2) is 77.7 Å². The Hall–Kier alpha value is -3.98. The van der Waals surface area contributed by atoms with Gasteiger partial charge in [0.2, 0.25) is 12.7 Å². The first-order valence-corrected chi connectivity index (χ1v) is 11.4. The topological polar surface area (TPSA) is 100 Å². The maximum absolute atomic E-state index is 12.5. The molecule has 34 heavy (non-hydrogen) atoms.